The van der Waals surface area contributed by atoms with Crippen LogP contribution in [0.1, 0.15) is 5.56 Å². The number of hydrogen-bond donors (Lipinski definition) is 0. The van der Waals surface area contributed by atoms with Crippen molar-refractivity contribution >= 4 is 6.29 Å². The summed E-state index contributed by atoms with van der Waals surface area (Å²) in [6.07, 6.45) is 1.86. The zero-order chi connectivity index (χ0) is 12.3. The van der Waals surface area contributed by atoms with Crippen molar-refractivity contribution in [1.29, 1.82) is 0 Å². The van der Waals surface area contributed by atoms with Gasteiger partial charge in [0, 0.05) is 44.4 Å². The third-order valence-electron chi connectivity index (χ3n) is 2.97. The van der Waals surface area contributed by atoms with Crippen LogP contribution in [0.5, 0.6) is 0 Å². The van der Waals surface area contributed by atoms with Crippen LogP contribution in [0.4, 0.5) is 4.39 Å². The maximum atomic E-state index is 12.6. The number of pyridine rings is 1. The van der Waals surface area contributed by atoms with Gasteiger partial charge in [-0.15, -0.1) is 0 Å². The van der Waals surface area contributed by atoms with Crippen molar-refractivity contribution in [2.75, 3.05) is 19.6 Å². The zero-order valence-corrected chi connectivity index (χ0v) is 9.51. The number of aldehydes is 1. The Morgan fingerprint density at radius 2 is 2.18 bits per heavy atom. The van der Waals surface area contributed by atoms with Crippen LogP contribution in [0.2, 0.25) is 0 Å². The van der Waals surface area contributed by atoms with Crippen molar-refractivity contribution < 1.29 is 9.18 Å². The summed E-state index contributed by atoms with van der Waals surface area (Å²) in [6, 6.07) is 3.42. The molecule has 1 fully saturated rings. The molecular weight excluding hydrogens is 223 g/mol. The molecule has 0 bridgehead atoms. The quantitative estimate of drug-likeness (QED) is 0.690. The Hall–Kier alpha value is -1.49. The maximum Gasteiger partial charge on any atom is 0.254 e. The van der Waals surface area contributed by atoms with Gasteiger partial charge in [0.25, 0.3) is 5.56 Å². The second kappa shape index (κ2) is 5.23. The third kappa shape index (κ3) is 2.79. The highest BCUT2D eigenvalue weighted by molar-refractivity contribution is 5.54. The first-order chi connectivity index (χ1) is 8.20. The van der Waals surface area contributed by atoms with Crippen molar-refractivity contribution in [3.63, 3.8) is 0 Å². The van der Waals surface area contributed by atoms with Gasteiger partial charge in [-0.1, -0.05) is 6.07 Å². The average molecular weight is 238 g/mol. The van der Waals surface area contributed by atoms with E-state index in [0.717, 1.165) is 6.29 Å². The van der Waals surface area contributed by atoms with Gasteiger partial charge in [-0.3, -0.25) is 9.69 Å². The monoisotopic (exact) mass is 238 g/mol. The number of likely N-dealkylation sites (tertiary alicyclic amines) is 1. The van der Waals surface area contributed by atoms with Crippen molar-refractivity contribution in [3.05, 3.63) is 34.2 Å². The smallest absolute Gasteiger partial charge is 0.254 e. The highest BCUT2D eigenvalue weighted by Crippen LogP contribution is 2.10. The normalized spacial score (nSPS) is 16.8. The van der Waals surface area contributed by atoms with Crippen molar-refractivity contribution in [2.24, 2.45) is 0 Å². The molecule has 1 aliphatic rings. The summed E-state index contributed by atoms with van der Waals surface area (Å²) in [5, 5.41) is 0. The van der Waals surface area contributed by atoms with Crippen LogP contribution in [0.25, 0.3) is 0 Å². The Bertz CT molecular complexity index is 452. The van der Waals surface area contributed by atoms with Crippen molar-refractivity contribution in [1.82, 2.24) is 9.47 Å². The molecule has 1 aliphatic heterocycles. The number of rotatable bonds is 5. The van der Waals surface area contributed by atoms with Gasteiger partial charge in [0.15, 0.2) is 0 Å². The topological polar surface area (TPSA) is 42.3 Å². The van der Waals surface area contributed by atoms with Crippen LogP contribution in [-0.2, 0) is 17.8 Å². The summed E-state index contributed by atoms with van der Waals surface area (Å²) < 4.78 is 14.2. The number of alkyl halides is 1. The third-order valence-corrected chi connectivity index (χ3v) is 2.97. The van der Waals surface area contributed by atoms with E-state index >= 15 is 0 Å². The first kappa shape index (κ1) is 12.0. The minimum absolute atomic E-state index is 0.128. The Balaban J connectivity index is 1.98. The molecule has 1 aromatic heterocycles. The van der Waals surface area contributed by atoms with Gasteiger partial charge in [0.05, 0.1) is 0 Å². The van der Waals surface area contributed by atoms with Crippen LogP contribution >= 0.6 is 0 Å². The zero-order valence-electron chi connectivity index (χ0n) is 9.51. The van der Waals surface area contributed by atoms with Gasteiger partial charge in [-0.05, 0) is 6.07 Å². The number of carbonyl (C=O) groups excluding carboxylic acids is 1. The van der Waals surface area contributed by atoms with E-state index in [1.165, 1.54) is 0 Å². The summed E-state index contributed by atoms with van der Waals surface area (Å²) in [6.45, 7) is 2.13. The van der Waals surface area contributed by atoms with Gasteiger partial charge >= 0.3 is 0 Å². The molecule has 0 aliphatic carbocycles. The fraction of sp³-hybridized carbons (Fsp3) is 0.500. The van der Waals surface area contributed by atoms with Gasteiger partial charge in [-0.25, -0.2) is 4.39 Å². The van der Waals surface area contributed by atoms with Crippen molar-refractivity contribution in [2.45, 2.75) is 19.1 Å². The molecule has 0 radical (unpaired) electrons. The first-order valence-corrected chi connectivity index (χ1v) is 5.69. The van der Waals surface area contributed by atoms with E-state index in [2.05, 4.69) is 0 Å². The molecule has 1 aromatic rings. The predicted molar refractivity (Wildman–Crippen MR) is 61.8 cm³/mol. The Morgan fingerprint density at radius 3 is 2.82 bits per heavy atom. The lowest BCUT2D eigenvalue weighted by Crippen LogP contribution is -2.49. The number of aromatic nitrogens is 1. The van der Waals surface area contributed by atoms with E-state index in [1.807, 2.05) is 4.90 Å². The van der Waals surface area contributed by atoms with E-state index in [-0.39, 0.29) is 12.0 Å². The molecular formula is C12H15FN2O2. The second-order valence-corrected chi connectivity index (χ2v) is 4.26. The van der Waals surface area contributed by atoms with Crippen LogP contribution in [-0.4, -0.2) is 41.6 Å². The van der Waals surface area contributed by atoms with Gasteiger partial charge in [0.2, 0.25) is 0 Å². The number of carbonyl (C=O) groups is 1. The molecule has 92 valence electrons. The van der Waals surface area contributed by atoms with Crippen molar-refractivity contribution in [3.8, 4) is 0 Å². The first-order valence-electron chi connectivity index (χ1n) is 5.69. The number of halogens is 1. The minimum atomic E-state index is -0.715. The molecule has 2 rings (SSSR count). The molecule has 0 spiro atoms. The Labute approximate surface area is 98.7 Å². The van der Waals surface area contributed by atoms with Crippen LogP contribution in [0, 0.1) is 0 Å². The largest absolute Gasteiger partial charge is 0.314 e. The van der Waals surface area contributed by atoms with Crippen LogP contribution in [0.3, 0.4) is 0 Å². The van der Waals surface area contributed by atoms with E-state index < -0.39 is 6.17 Å². The average Bonchev–Trinajstić information content (AvgIpc) is 2.27. The van der Waals surface area contributed by atoms with E-state index in [1.54, 1.807) is 22.9 Å². The minimum Gasteiger partial charge on any atom is -0.314 e. The van der Waals surface area contributed by atoms with E-state index in [4.69, 9.17) is 0 Å². The van der Waals surface area contributed by atoms with E-state index in [0.29, 0.717) is 31.7 Å². The lowest BCUT2D eigenvalue weighted by molar-refractivity contribution is -0.107. The van der Waals surface area contributed by atoms with Gasteiger partial charge in [0.1, 0.15) is 12.5 Å². The fourth-order valence-electron chi connectivity index (χ4n) is 1.95. The summed E-state index contributed by atoms with van der Waals surface area (Å²) in [4.78, 5) is 24.2. The summed E-state index contributed by atoms with van der Waals surface area (Å²) >= 11 is 0. The van der Waals surface area contributed by atoms with E-state index in [9.17, 15) is 14.0 Å². The molecule has 2 heterocycles. The molecule has 4 nitrogen and oxygen atoms in total. The molecule has 0 aromatic carbocycles. The molecule has 1 saturated heterocycles. The summed E-state index contributed by atoms with van der Waals surface area (Å²) in [7, 11) is 0. The summed E-state index contributed by atoms with van der Waals surface area (Å²) in [5.74, 6) is 0. The molecule has 0 N–H and O–H groups in total. The van der Waals surface area contributed by atoms with Gasteiger partial charge in [-0.2, -0.15) is 0 Å². The lowest BCUT2D eigenvalue weighted by Gasteiger charge is -2.34. The predicted octanol–water partition coefficient (Wildman–Crippen LogP) is 0.243. The molecule has 0 amide bonds. The SMILES string of the molecule is O=CCc1cccn(CCN2CC(F)C2)c1=O. The van der Waals surface area contributed by atoms with Crippen LogP contribution in [0.15, 0.2) is 23.1 Å². The van der Waals surface area contributed by atoms with Gasteiger partial charge < -0.3 is 9.36 Å². The highest BCUT2D eigenvalue weighted by Gasteiger charge is 2.25. The Kier molecular flexibility index (Phi) is 3.68. The highest BCUT2D eigenvalue weighted by atomic mass is 19.1. The standard InChI is InChI=1S/C12H15FN2O2/c13-11-8-14(9-11)5-6-15-4-1-2-10(3-7-16)12(15)17/h1-2,4,7,11H,3,5-6,8-9H2. The number of hydrogen-bond acceptors (Lipinski definition) is 3. The van der Waals surface area contributed by atoms with Crippen LogP contribution < -0.4 is 5.56 Å². The number of nitrogens with zero attached hydrogens (tertiary/aromatic N) is 2. The molecule has 0 atom stereocenters. The molecule has 0 saturated carbocycles. The second-order valence-electron chi connectivity index (χ2n) is 4.26. The maximum absolute atomic E-state index is 12.6. The fourth-order valence-corrected chi connectivity index (χ4v) is 1.95. The molecule has 17 heavy (non-hydrogen) atoms. The molecule has 5 heteroatoms. The molecule has 0 unspecified atom stereocenters. The summed E-state index contributed by atoms with van der Waals surface area (Å²) in [5.41, 5.74) is 0.381. The lowest BCUT2D eigenvalue weighted by atomic mass is 10.2. The Morgan fingerprint density at radius 1 is 1.41 bits per heavy atom.